The summed E-state index contributed by atoms with van der Waals surface area (Å²) in [4.78, 5) is 12.4. The molecule has 3 rings (SSSR count). The highest BCUT2D eigenvalue weighted by molar-refractivity contribution is 7.99. The number of amides is 1. The Morgan fingerprint density at radius 2 is 1.93 bits per heavy atom. The van der Waals surface area contributed by atoms with Crippen LogP contribution in [0.2, 0.25) is 0 Å². The van der Waals surface area contributed by atoms with Crippen LogP contribution in [0, 0.1) is 13.8 Å². The minimum atomic E-state index is -0.0488. The zero-order chi connectivity index (χ0) is 20.1. The monoisotopic (exact) mass is 395 g/mol. The minimum absolute atomic E-state index is 0.0469. The van der Waals surface area contributed by atoms with Gasteiger partial charge in [0.15, 0.2) is 0 Å². The van der Waals surface area contributed by atoms with Gasteiger partial charge < -0.3 is 5.32 Å². The summed E-state index contributed by atoms with van der Waals surface area (Å²) < 4.78 is 1.68. The SMILES string of the molecule is CCc1ccc([C@H](C)NC(=O)CSc2nnnn2-c2ccc(C)cc2C)cc1. The third kappa shape index (κ3) is 4.78. The van der Waals surface area contributed by atoms with Gasteiger partial charge in [-0.25, -0.2) is 0 Å². The molecule has 0 saturated carbocycles. The quantitative estimate of drug-likeness (QED) is 0.616. The molecule has 2 aromatic carbocycles. The molecule has 0 saturated heterocycles. The number of tetrazole rings is 1. The topological polar surface area (TPSA) is 72.7 Å². The van der Waals surface area contributed by atoms with Crippen LogP contribution in [0.1, 0.15) is 42.1 Å². The fraction of sp³-hybridized carbons (Fsp3) is 0.333. The molecular formula is C21H25N5OS. The van der Waals surface area contributed by atoms with Gasteiger partial charge in [0.1, 0.15) is 0 Å². The number of benzene rings is 2. The van der Waals surface area contributed by atoms with E-state index >= 15 is 0 Å². The van der Waals surface area contributed by atoms with Gasteiger partial charge in [-0.3, -0.25) is 4.79 Å². The van der Waals surface area contributed by atoms with E-state index in [0.29, 0.717) is 5.16 Å². The summed E-state index contributed by atoms with van der Waals surface area (Å²) in [6.45, 7) is 8.19. The number of nitrogens with one attached hydrogen (secondary N) is 1. The molecular weight excluding hydrogens is 370 g/mol. The first-order valence-electron chi connectivity index (χ1n) is 9.35. The van der Waals surface area contributed by atoms with Crippen molar-refractivity contribution in [3.05, 3.63) is 64.7 Å². The number of hydrogen-bond acceptors (Lipinski definition) is 5. The zero-order valence-electron chi connectivity index (χ0n) is 16.6. The number of thioether (sulfide) groups is 1. The molecule has 28 heavy (non-hydrogen) atoms. The third-order valence-electron chi connectivity index (χ3n) is 4.62. The van der Waals surface area contributed by atoms with E-state index in [1.807, 2.05) is 32.9 Å². The Kier molecular flexibility index (Phi) is 6.46. The number of carbonyl (C=O) groups excluding carboxylic acids is 1. The normalized spacial score (nSPS) is 12.0. The number of aromatic nitrogens is 4. The summed E-state index contributed by atoms with van der Waals surface area (Å²) in [5, 5.41) is 15.6. The van der Waals surface area contributed by atoms with Gasteiger partial charge in [0.25, 0.3) is 0 Å². The highest BCUT2D eigenvalue weighted by Gasteiger charge is 2.15. The molecule has 0 aliphatic carbocycles. The lowest BCUT2D eigenvalue weighted by Gasteiger charge is -2.14. The average molecular weight is 396 g/mol. The smallest absolute Gasteiger partial charge is 0.230 e. The molecule has 0 unspecified atom stereocenters. The average Bonchev–Trinajstić information content (AvgIpc) is 3.14. The summed E-state index contributed by atoms with van der Waals surface area (Å²) >= 11 is 1.33. The lowest BCUT2D eigenvalue weighted by molar-refractivity contribution is -0.119. The number of nitrogens with zero attached hydrogens (tertiary/aromatic N) is 4. The standard InChI is InChI=1S/C21H25N5OS/c1-5-17-7-9-18(10-8-17)16(4)22-20(27)13-28-21-23-24-25-26(21)19-11-6-14(2)12-15(19)3/h6-12,16H,5,13H2,1-4H3,(H,22,27)/t16-/m0/s1. The van der Waals surface area contributed by atoms with Crippen molar-refractivity contribution < 1.29 is 4.79 Å². The van der Waals surface area contributed by atoms with Gasteiger partial charge in [0.2, 0.25) is 11.1 Å². The summed E-state index contributed by atoms with van der Waals surface area (Å²) in [7, 11) is 0. The van der Waals surface area contributed by atoms with Crippen molar-refractivity contribution in [1.82, 2.24) is 25.5 Å². The number of aryl methyl sites for hydroxylation is 3. The predicted octanol–water partition coefficient (Wildman–Crippen LogP) is 3.81. The summed E-state index contributed by atoms with van der Waals surface area (Å²) in [5.74, 6) is 0.204. The van der Waals surface area contributed by atoms with Crippen molar-refractivity contribution in [1.29, 1.82) is 0 Å². The van der Waals surface area contributed by atoms with Crippen LogP contribution >= 0.6 is 11.8 Å². The van der Waals surface area contributed by atoms with Crippen LogP contribution in [0.25, 0.3) is 5.69 Å². The predicted molar refractivity (Wildman–Crippen MR) is 112 cm³/mol. The number of rotatable bonds is 7. The van der Waals surface area contributed by atoms with E-state index < -0.39 is 0 Å². The molecule has 0 aliphatic rings. The van der Waals surface area contributed by atoms with Gasteiger partial charge in [0, 0.05) is 0 Å². The minimum Gasteiger partial charge on any atom is -0.349 e. The molecule has 7 heteroatoms. The molecule has 1 atom stereocenters. The van der Waals surface area contributed by atoms with Gasteiger partial charge in [-0.2, -0.15) is 4.68 Å². The molecule has 0 spiro atoms. The van der Waals surface area contributed by atoms with Crippen molar-refractivity contribution in [2.75, 3.05) is 5.75 Å². The van der Waals surface area contributed by atoms with E-state index in [2.05, 4.69) is 58.1 Å². The van der Waals surface area contributed by atoms with Crippen molar-refractivity contribution in [2.45, 2.75) is 45.3 Å². The first-order valence-corrected chi connectivity index (χ1v) is 10.3. The summed E-state index contributed by atoms with van der Waals surface area (Å²) in [6, 6.07) is 14.4. The van der Waals surface area contributed by atoms with E-state index in [1.54, 1.807) is 4.68 Å². The lowest BCUT2D eigenvalue weighted by atomic mass is 10.1. The fourth-order valence-electron chi connectivity index (χ4n) is 3.00. The summed E-state index contributed by atoms with van der Waals surface area (Å²) in [6.07, 6.45) is 1.01. The molecule has 0 radical (unpaired) electrons. The molecule has 0 aliphatic heterocycles. The van der Waals surface area contributed by atoms with Gasteiger partial charge in [-0.1, -0.05) is 60.6 Å². The van der Waals surface area contributed by atoms with Gasteiger partial charge in [0.05, 0.1) is 17.5 Å². The molecule has 1 N–H and O–H groups in total. The van der Waals surface area contributed by atoms with Crippen LogP contribution in [-0.2, 0) is 11.2 Å². The molecule has 3 aromatic rings. The van der Waals surface area contributed by atoms with Gasteiger partial charge in [-0.05, 0) is 60.4 Å². The second-order valence-electron chi connectivity index (χ2n) is 6.84. The fourth-order valence-corrected chi connectivity index (χ4v) is 3.70. The molecule has 6 nitrogen and oxygen atoms in total. The second kappa shape index (κ2) is 9.01. The number of hydrogen-bond donors (Lipinski definition) is 1. The molecule has 146 valence electrons. The van der Waals surface area contributed by atoms with Crippen LogP contribution in [0.15, 0.2) is 47.6 Å². The lowest BCUT2D eigenvalue weighted by Crippen LogP contribution is -2.28. The number of carbonyl (C=O) groups is 1. The Hall–Kier alpha value is -2.67. The molecule has 0 fully saturated rings. The van der Waals surface area contributed by atoms with Crippen molar-refractivity contribution in [3.8, 4) is 5.69 Å². The van der Waals surface area contributed by atoms with E-state index in [0.717, 1.165) is 23.2 Å². The maximum absolute atomic E-state index is 12.4. The zero-order valence-corrected chi connectivity index (χ0v) is 17.5. The van der Waals surface area contributed by atoms with E-state index in [1.165, 1.54) is 22.9 Å². The van der Waals surface area contributed by atoms with Crippen LogP contribution in [0.5, 0.6) is 0 Å². The largest absolute Gasteiger partial charge is 0.349 e. The van der Waals surface area contributed by atoms with Crippen molar-refractivity contribution in [2.24, 2.45) is 0 Å². The Balaban J connectivity index is 1.61. The molecule has 1 aromatic heterocycles. The Morgan fingerprint density at radius 3 is 2.61 bits per heavy atom. The molecule has 1 amide bonds. The Labute approximate surface area is 169 Å². The highest BCUT2D eigenvalue weighted by atomic mass is 32.2. The van der Waals surface area contributed by atoms with Crippen molar-refractivity contribution >= 4 is 17.7 Å². The van der Waals surface area contributed by atoms with Crippen molar-refractivity contribution in [3.63, 3.8) is 0 Å². The van der Waals surface area contributed by atoms with Gasteiger partial charge >= 0.3 is 0 Å². The maximum atomic E-state index is 12.4. The van der Waals surface area contributed by atoms with Crippen LogP contribution in [0.3, 0.4) is 0 Å². The van der Waals surface area contributed by atoms with Crippen LogP contribution < -0.4 is 5.32 Å². The molecule has 0 bridgehead atoms. The van der Waals surface area contributed by atoms with E-state index in [4.69, 9.17) is 0 Å². The van der Waals surface area contributed by atoms with E-state index in [-0.39, 0.29) is 17.7 Å². The van der Waals surface area contributed by atoms with Gasteiger partial charge in [-0.15, -0.1) is 5.10 Å². The van der Waals surface area contributed by atoms with Crippen LogP contribution in [0.4, 0.5) is 0 Å². The van der Waals surface area contributed by atoms with E-state index in [9.17, 15) is 4.79 Å². The Morgan fingerprint density at radius 1 is 1.18 bits per heavy atom. The first-order chi connectivity index (χ1) is 13.5. The first kappa shape index (κ1) is 20.1. The second-order valence-corrected chi connectivity index (χ2v) is 7.78. The Bertz CT molecular complexity index is 952. The molecule has 1 heterocycles. The summed E-state index contributed by atoms with van der Waals surface area (Å²) in [5.41, 5.74) is 5.57. The maximum Gasteiger partial charge on any atom is 0.230 e. The van der Waals surface area contributed by atoms with Crippen LogP contribution in [-0.4, -0.2) is 31.9 Å². The highest BCUT2D eigenvalue weighted by Crippen LogP contribution is 2.21. The third-order valence-corrected chi connectivity index (χ3v) is 5.54.